The minimum atomic E-state index is -0.369. The topological polar surface area (TPSA) is 84.5 Å². The molecule has 0 aliphatic rings. The standard InChI is InChI=1S/C21H22N2O4/c1-2-27-19(24)14-13-18(23-21(26)17-11-7-4-8-12-17)15-22-20(25)16-9-5-3-6-10-16/h3-12,15H,2,13-14H2,1H3,(H,22,25)(H,23,26). The first-order chi connectivity index (χ1) is 13.1. The van der Waals surface area contributed by atoms with Gasteiger partial charge in [-0.1, -0.05) is 36.4 Å². The molecule has 0 spiro atoms. The molecule has 0 heterocycles. The van der Waals surface area contributed by atoms with Gasteiger partial charge in [-0.15, -0.1) is 0 Å². The molecule has 6 nitrogen and oxygen atoms in total. The lowest BCUT2D eigenvalue weighted by Gasteiger charge is -2.11. The van der Waals surface area contributed by atoms with Crippen LogP contribution in [0.3, 0.4) is 0 Å². The van der Waals surface area contributed by atoms with Crippen molar-refractivity contribution in [2.75, 3.05) is 6.61 Å². The van der Waals surface area contributed by atoms with Gasteiger partial charge in [-0.05, 0) is 37.6 Å². The number of rotatable bonds is 8. The fourth-order valence-electron chi connectivity index (χ4n) is 2.27. The highest BCUT2D eigenvalue weighted by atomic mass is 16.5. The summed E-state index contributed by atoms with van der Waals surface area (Å²) in [7, 11) is 0. The summed E-state index contributed by atoms with van der Waals surface area (Å²) in [6.07, 6.45) is 1.73. The SMILES string of the molecule is CCOC(=O)CCC(=CNC(=O)c1ccccc1)NC(=O)c1ccccc1. The van der Waals surface area contributed by atoms with E-state index in [-0.39, 0.29) is 30.6 Å². The van der Waals surface area contributed by atoms with Crippen LogP contribution in [-0.4, -0.2) is 24.4 Å². The Bertz CT molecular complexity index is 801. The largest absolute Gasteiger partial charge is 0.466 e. The van der Waals surface area contributed by atoms with Crippen molar-refractivity contribution in [2.24, 2.45) is 0 Å². The summed E-state index contributed by atoms with van der Waals surface area (Å²) < 4.78 is 4.91. The second-order valence-electron chi connectivity index (χ2n) is 5.63. The molecule has 140 valence electrons. The molecule has 2 rings (SSSR count). The number of benzene rings is 2. The maximum atomic E-state index is 12.4. The number of ether oxygens (including phenoxy) is 1. The number of hydrogen-bond acceptors (Lipinski definition) is 4. The molecule has 0 aliphatic heterocycles. The van der Waals surface area contributed by atoms with Crippen LogP contribution in [0.25, 0.3) is 0 Å². The molecule has 0 fully saturated rings. The summed E-state index contributed by atoms with van der Waals surface area (Å²) in [6.45, 7) is 2.02. The lowest BCUT2D eigenvalue weighted by Crippen LogP contribution is -2.26. The summed E-state index contributed by atoms with van der Waals surface area (Å²) in [5.41, 5.74) is 1.39. The molecule has 0 saturated carbocycles. The van der Waals surface area contributed by atoms with Crippen LogP contribution in [0.4, 0.5) is 0 Å². The monoisotopic (exact) mass is 366 g/mol. The Kier molecular flexibility index (Phi) is 7.78. The lowest BCUT2D eigenvalue weighted by molar-refractivity contribution is -0.143. The number of carbonyl (C=O) groups excluding carboxylic acids is 3. The Hall–Kier alpha value is -3.41. The van der Waals surface area contributed by atoms with Crippen LogP contribution in [0, 0.1) is 0 Å². The quantitative estimate of drug-likeness (QED) is 0.704. The van der Waals surface area contributed by atoms with E-state index in [1.54, 1.807) is 55.5 Å². The molecular formula is C21H22N2O4. The van der Waals surface area contributed by atoms with Gasteiger partial charge < -0.3 is 15.4 Å². The second-order valence-corrected chi connectivity index (χ2v) is 5.63. The van der Waals surface area contributed by atoms with Crippen LogP contribution in [0.1, 0.15) is 40.5 Å². The Morgan fingerprint density at radius 1 is 0.852 bits per heavy atom. The third kappa shape index (κ3) is 6.78. The smallest absolute Gasteiger partial charge is 0.306 e. The Morgan fingerprint density at radius 2 is 1.41 bits per heavy atom. The van der Waals surface area contributed by atoms with Crippen LogP contribution >= 0.6 is 0 Å². The van der Waals surface area contributed by atoms with Crippen molar-refractivity contribution in [3.05, 3.63) is 83.7 Å². The predicted molar refractivity (Wildman–Crippen MR) is 102 cm³/mol. The molecule has 2 aromatic rings. The van der Waals surface area contributed by atoms with E-state index < -0.39 is 0 Å². The van der Waals surface area contributed by atoms with E-state index in [1.165, 1.54) is 6.20 Å². The number of hydrogen-bond donors (Lipinski definition) is 2. The maximum Gasteiger partial charge on any atom is 0.306 e. The normalized spacial score (nSPS) is 10.8. The van der Waals surface area contributed by atoms with Crippen molar-refractivity contribution in [1.29, 1.82) is 0 Å². The minimum absolute atomic E-state index is 0.0932. The highest BCUT2D eigenvalue weighted by molar-refractivity contribution is 5.96. The van der Waals surface area contributed by atoms with E-state index >= 15 is 0 Å². The number of carbonyl (C=O) groups is 3. The first-order valence-electron chi connectivity index (χ1n) is 8.67. The number of amides is 2. The summed E-state index contributed by atoms with van der Waals surface area (Å²) in [5, 5.41) is 5.38. The van der Waals surface area contributed by atoms with Gasteiger partial charge in [0.25, 0.3) is 11.8 Å². The van der Waals surface area contributed by atoms with Crippen LogP contribution in [-0.2, 0) is 9.53 Å². The molecule has 0 aliphatic carbocycles. The molecule has 0 aromatic heterocycles. The Balaban J connectivity index is 2.07. The first-order valence-corrected chi connectivity index (χ1v) is 8.67. The summed E-state index contributed by atoms with van der Waals surface area (Å²) >= 11 is 0. The van der Waals surface area contributed by atoms with E-state index in [4.69, 9.17) is 4.74 Å². The van der Waals surface area contributed by atoms with Gasteiger partial charge in [0.15, 0.2) is 0 Å². The molecule has 0 saturated heterocycles. The van der Waals surface area contributed by atoms with Crippen molar-refractivity contribution in [2.45, 2.75) is 19.8 Å². The molecule has 27 heavy (non-hydrogen) atoms. The molecule has 0 unspecified atom stereocenters. The van der Waals surface area contributed by atoms with E-state index in [9.17, 15) is 14.4 Å². The third-order valence-corrected chi connectivity index (χ3v) is 3.63. The number of esters is 1. The second kappa shape index (κ2) is 10.6. The van der Waals surface area contributed by atoms with Crippen LogP contribution in [0.5, 0.6) is 0 Å². The number of nitrogens with one attached hydrogen (secondary N) is 2. The van der Waals surface area contributed by atoms with Gasteiger partial charge in [-0.2, -0.15) is 0 Å². The van der Waals surface area contributed by atoms with Crippen molar-refractivity contribution in [1.82, 2.24) is 10.6 Å². The van der Waals surface area contributed by atoms with Crippen LogP contribution in [0.15, 0.2) is 72.6 Å². The van der Waals surface area contributed by atoms with E-state index in [1.807, 2.05) is 12.1 Å². The average molecular weight is 366 g/mol. The maximum absolute atomic E-state index is 12.4. The summed E-state index contributed by atoms with van der Waals surface area (Å²) in [5.74, 6) is -0.996. The van der Waals surface area contributed by atoms with Gasteiger partial charge in [0.1, 0.15) is 0 Å². The Labute approximate surface area is 158 Å². The zero-order valence-electron chi connectivity index (χ0n) is 15.1. The summed E-state index contributed by atoms with van der Waals surface area (Å²) in [4.78, 5) is 36.2. The van der Waals surface area contributed by atoms with E-state index in [2.05, 4.69) is 10.6 Å². The van der Waals surface area contributed by atoms with Gasteiger partial charge >= 0.3 is 5.97 Å². The zero-order valence-corrected chi connectivity index (χ0v) is 15.1. The van der Waals surface area contributed by atoms with Crippen molar-refractivity contribution < 1.29 is 19.1 Å². The zero-order chi connectivity index (χ0) is 19.5. The van der Waals surface area contributed by atoms with E-state index in [0.717, 1.165) is 0 Å². The third-order valence-electron chi connectivity index (χ3n) is 3.63. The molecular weight excluding hydrogens is 344 g/mol. The predicted octanol–water partition coefficient (Wildman–Crippen LogP) is 3.03. The van der Waals surface area contributed by atoms with Crippen molar-refractivity contribution >= 4 is 17.8 Å². The number of allylic oxidation sites excluding steroid dienone is 1. The van der Waals surface area contributed by atoms with Crippen LogP contribution < -0.4 is 10.6 Å². The molecule has 0 bridgehead atoms. The molecule has 0 atom stereocenters. The molecule has 6 heteroatoms. The first kappa shape index (κ1) is 19.9. The molecule has 2 N–H and O–H groups in total. The molecule has 2 amide bonds. The fraction of sp³-hybridized carbons (Fsp3) is 0.190. The van der Waals surface area contributed by atoms with E-state index in [0.29, 0.717) is 23.4 Å². The average Bonchev–Trinajstić information content (AvgIpc) is 2.71. The molecule has 0 radical (unpaired) electrons. The lowest BCUT2D eigenvalue weighted by atomic mass is 10.2. The molecule has 2 aromatic carbocycles. The Morgan fingerprint density at radius 3 is 1.96 bits per heavy atom. The highest BCUT2D eigenvalue weighted by Crippen LogP contribution is 2.06. The van der Waals surface area contributed by atoms with Gasteiger partial charge in [-0.25, -0.2) is 0 Å². The highest BCUT2D eigenvalue weighted by Gasteiger charge is 2.11. The van der Waals surface area contributed by atoms with Crippen LogP contribution in [0.2, 0.25) is 0 Å². The summed E-state index contributed by atoms with van der Waals surface area (Å²) in [6, 6.07) is 17.4. The van der Waals surface area contributed by atoms with Gasteiger partial charge in [-0.3, -0.25) is 14.4 Å². The minimum Gasteiger partial charge on any atom is -0.466 e. The van der Waals surface area contributed by atoms with Crippen molar-refractivity contribution in [3.8, 4) is 0 Å². The van der Waals surface area contributed by atoms with Crippen molar-refractivity contribution in [3.63, 3.8) is 0 Å². The van der Waals surface area contributed by atoms with Gasteiger partial charge in [0.05, 0.1) is 13.0 Å². The van der Waals surface area contributed by atoms with Gasteiger partial charge in [0.2, 0.25) is 0 Å². The fourth-order valence-corrected chi connectivity index (χ4v) is 2.27. The van der Waals surface area contributed by atoms with Gasteiger partial charge in [0, 0.05) is 23.0 Å².